The molecule has 0 bridgehead atoms. The maximum Gasteiger partial charge on any atom is 0.416 e. The van der Waals surface area contributed by atoms with E-state index >= 15 is 0 Å². The number of benzene rings is 1. The van der Waals surface area contributed by atoms with Crippen LogP contribution in [0.1, 0.15) is 17.2 Å². The summed E-state index contributed by atoms with van der Waals surface area (Å²) in [7, 11) is 0. The molecule has 18 heavy (non-hydrogen) atoms. The second kappa shape index (κ2) is 5.31. The standard InChI is InChI=1S/C9H6F7N.ClH/c10-5-3-1-2-4(8(11,12)13)6(5)7(17)9(14,15)16;/h1-3,7H,17H2;1H/t7-;/m1./s1. The molecule has 0 amide bonds. The summed E-state index contributed by atoms with van der Waals surface area (Å²) >= 11 is 0. The fourth-order valence-corrected chi connectivity index (χ4v) is 1.26. The number of hydrogen-bond donors (Lipinski definition) is 1. The lowest BCUT2D eigenvalue weighted by atomic mass is 9.99. The summed E-state index contributed by atoms with van der Waals surface area (Å²) in [5.74, 6) is -1.63. The molecule has 0 aliphatic rings. The maximum absolute atomic E-state index is 13.1. The van der Waals surface area contributed by atoms with Crippen molar-refractivity contribution in [3.63, 3.8) is 0 Å². The van der Waals surface area contributed by atoms with Gasteiger partial charge in [-0.15, -0.1) is 12.4 Å². The third-order valence-electron chi connectivity index (χ3n) is 2.02. The average Bonchev–Trinajstić information content (AvgIpc) is 2.13. The van der Waals surface area contributed by atoms with Gasteiger partial charge in [-0.25, -0.2) is 4.39 Å². The maximum atomic E-state index is 13.1. The van der Waals surface area contributed by atoms with Gasteiger partial charge >= 0.3 is 12.4 Å². The first-order chi connectivity index (χ1) is 7.55. The Hall–Kier alpha value is -1.02. The molecule has 104 valence electrons. The molecular weight excluding hydrogens is 291 g/mol. The fraction of sp³-hybridized carbons (Fsp3) is 0.333. The lowest BCUT2D eigenvalue weighted by Gasteiger charge is -2.20. The van der Waals surface area contributed by atoms with Crippen LogP contribution in [0, 0.1) is 5.82 Å². The third kappa shape index (κ3) is 3.49. The van der Waals surface area contributed by atoms with Crippen molar-refractivity contribution < 1.29 is 30.7 Å². The van der Waals surface area contributed by atoms with Crippen LogP contribution in [0.4, 0.5) is 30.7 Å². The molecule has 0 heterocycles. The van der Waals surface area contributed by atoms with E-state index in [1.54, 1.807) is 0 Å². The van der Waals surface area contributed by atoms with Crippen LogP contribution >= 0.6 is 12.4 Å². The number of hydrogen-bond acceptors (Lipinski definition) is 1. The zero-order valence-electron chi connectivity index (χ0n) is 8.44. The van der Waals surface area contributed by atoms with Crippen LogP contribution in [0.15, 0.2) is 18.2 Å². The Morgan fingerprint density at radius 1 is 1.00 bits per heavy atom. The first kappa shape index (κ1) is 17.0. The van der Waals surface area contributed by atoms with E-state index < -0.39 is 35.3 Å². The molecule has 0 aromatic heterocycles. The van der Waals surface area contributed by atoms with Crippen molar-refractivity contribution in [1.82, 2.24) is 0 Å². The van der Waals surface area contributed by atoms with E-state index in [4.69, 9.17) is 0 Å². The molecule has 1 aromatic carbocycles. The van der Waals surface area contributed by atoms with E-state index in [0.717, 1.165) is 0 Å². The predicted octanol–water partition coefficient (Wildman–Crippen LogP) is 3.83. The number of nitrogens with two attached hydrogens (primary N) is 1. The van der Waals surface area contributed by atoms with E-state index in [9.17, 15) is 30.7 Å². The predicted molar refractivity (Wildman–Crippen MR) is 51.6 cm³/mol. The van der Waals surface area contributed by atoms with Gasteiger partial charge in [0, 0.05) is 5.56 Å². The second-order valence-electron chi connectivity index (χ2n) is 3.22. The summed E-state index contributed by atoms with van der Waals surface area (Å²) in [5.41, 5.74) is 1.30. The molecule has 0 spiro atoms. The van der Waals surface area contributed by atoms with Gasteiger partial charge in [0.1, 0.15) is 11.9 Å². The van der Waals surface area contributed by atoms with Crippen molar-refractivity contribution in [1.29, 1.82) is 0 Å². The molecule has 0 saturated heterocycles. The van der Waals surface area contributed by atoms with E-state index in [2.05, 4.69) is 5.73 Å². The van der Waals surface area contributed by atoms with Gasteiger partial charge < -0.3 is 5.73 Å². The molecule has 0 saturated carbocycles. The van der Waals surface area contributed by atoms with Crippen LogP contribution in [0.3, 0.4) is 0 Å². The van der Waals surface area contributed by atoms with Crippen molar-refractivity contribution in [2.45, 2.75) is 18.4 Å². The van der Waals surface area contributed by atoms with Gasteiger partial charge in [-0.2, -0.15) is 26.3 Å². The second-order valence-corrected chi connectivity index (χ2v) is 3.22. The molecular formula is C9H7ClF7N. The highest BCUT2D eigenvalue weighted by molar-refractivity contribution is 5.85. The van der Waals surface area contributed by atoms with E-state index in [0.29, 0.717) is 18.2 Å². The van der Waals surface area contributed by atoms with Crippen LogP contribution in [0.25, 0.3) is 0 Å². The summed E-state index contributed by atoms with van der Waals surface area (Å²) in [6.45, 7) is 0. The summed E-state index contributed by atoms with van der Waals surface area (Å²) in [4.78, 5) is 0. The van der Waals surface area contributed by atoms with Crippen LogP contribution in [0.5, 0.6) is 0 Å². The average molecular weight is 298 g/mol. The smallest absolute Gasteiger partial charge is 0.316 e. The number of halogens is 8. The molecule has 0 radical (unpaired) electrons. The van der Waals surface area contributed by atoms with Gasteiger partial charge in [-0.1, -0.05) is 6.07 Å². The summed E-state index contributed by atoms with van der Waals surface area (Å²) < 4.78 is 86.9. The normalized spacial score (nSPS) is 14.0. The lowest BCUT2D eigenvalue weighted by molar-refractivity contribution is -0.156. The molecule has 0 aliphatic carbocycles. The topological polar surface area (TPSA) is 26.0 Å². The van der Waals surface area contributed by atoms with Crippen LogP contribution in [-0.4, -0.2) is 6.18 Å². The first-order valence-electron chi connectivity index (χ1n) is 4.23. The Bertz CT molecular complexity index is 412. The molecule has 1 atom stereocenters. The Morgan fingerprint density at radius 3 is 1.89 bits per heavy atom. The minimum absolute atomic E-state index is 0. The monoisotopic (exact) mass is 297 g/mol. The van der Waals surface area contributed by atoms with Gasteiger partial charge in [0.25, 0.3) is 0 Å². The number of rotatable bonds is 1. The van der Waals surface area contributed by atoms with Crippen LogP contribution in [0.2, 0.25) is 0 Å². The highest BCUT2D eigenvalue weighted by Gasteiger charge is 2.45. The van der Waals surface area contributed by atoms with Crippen molar-refractivity contribution >= 4 is 12.4 Å². The Labute approximate surface area is 103 Å². The quantitative estimate of drug-likeness (QED) is 0.783. The molecule has 2 N–H and O–H groups in total. The van der Waals surface area contributed by atoms with Crippen molar-refractivity contribution in [3.8, 4) is 0 Å². The van der Waals surface area contributed by atoms with Crippen LogP contribution < -0.4 is 5.73 Å². The zero-order chi connectivity index (χ0) is 13.4. The zero-order valence-corrected chi connectivity index (χ0v) is 9.26. The molecule has 0 aliphatic heterocycles. The van der Waals surface area contributed by atoms with Gasteiger partial charge in [0.15, 0.2) is 0 Å². The van der Waals surface area contributed by atoms with E-state index in [1.807, 2.05) is 0 Å². The first-order valence-corrected chi connectivity index (χ1v) is 4.23. The minimum atomic E-state index is -5.15. The van der Waals surface area contributed by atoms with Gasteiger partial charge in [0.2, 0.25) is 0 Å². The third-order valence-corrected chi connectivity index (χ3v) is 2.02. The van der Waals surface area contributed by atoms with Gasteiger partial charge in [0.05, 0.1) is 5.56 Å². The summed E-state index contributed by atoms with van der Waals surface area (Å²) in [5, 5.41) is 0. The Morgan fingerprint density at radius 2 is 1.50 bits per heavy atom. The Balaban J connectivity index is 0.00000289. The lowest BCUT2D eigenvalue weighted by Crippen LogP contribution is -2.31. The van der Waals surface area contributed by atoms with Gasteiger partial charge in [-0.05, 0) is 12.1 Å². The van der Waals surface area contributed by atoms with Crippen molar-refractivity contribution in [2.24, 2.45) is 5.73 Å². The molecule has 1 nitrogen and oxygen atoms in total. The van der Waals surface area contributed by atoms with Crippen LogP contribution in [-0.2, 0) is 6.18 Å². The molecule has 9 heteroatoms. The van der Waals surface area contributed by atoms with E-state index in [-0.39, 0.29) is 12.4 Å². The van der Waals surface area contributed by atoms with E-state index in [1.165, 1.54) is 0 Å². The molecule has 1 rings (SSSR count). The SMILES string of the molecule is Cl.N[C@H](c1c(F)cccc1C(F)(F)F)C(F)(F)F. The highest BCUT2D eigenvalue weighted by atomic mass is 35.5. The summed E-state index contributed by atoms with van der Waals surface area (Å²) in [6.07, 6.45) is -10.2. The molecule has 1 aromatic rings. The van der Waals surface area contributed by atoms with Crippen molar-refractivity contribution in [2.75, 3.05) is 0 Å². The fourth-order valence-electron chi connectivity index (χ4n) is 1.26. The highest BCUT2D eigenvalue weighted by Crippen LogP contribution is 2.40. The van der Waals surface area contributed by atoms with Crippen molar-refractivity contribution in [3.05, 3.63) is 35.1 Å². The summed E-state index contributed by atoms with van der Waals surface area (Å²) in [6, 6.07) is -1.49. The molecule has 0 fully saturated rings. The minimum Gasteiger partial charge on any atom is -0.316 e. The van der Waals surface area contributed by atoms with Gasteiger partial charge in [-0.3, -0.25) is 0 Å². The largest absolute Gasteiger partial charge is 0.416 e. The Kier molecular flexibility index (Phi) is 5.01. The molecule has 0 unspecified atom stereocenters. The number of alkyl halides is 6.